The molecule has 0 aliphatic heterocycles. The molecule has 4 heteroatoms. The number of aromatic nitrogens is 2. The molecule has 0 aromatic carbocycles. The van der Waals surface area contributed by atoms with Gasteiger partial charge in [-0.05, 0) is 50.2 Å². The summed E-state index contributed by atoms with van der Waals surface area (Å²) in [5, 5.41) is 7.72. The van der Waals surface area contributed by atoms with Gasteiger partial charge in [-0.2, -0.15) is 11.3 Å². The van der Waals surface area contributed by atoms with E-state index in [9.17, 15) is 0 Å². The van der Waals surface area contributed by atoms with Gasteiger partial charge in [0.2, 0.25) is 0 Å². The molecular formula is C16H23N3S. The zero-order chi connectivity index (χ0) is 14.7. The number of rotatable bonds is 5. The second-order valence-electron chi connectivity index (χ2n) is 5.52. The van der Waals surface area contributed by atoms with E-state index in [2.05, 4.69) is 50.7 Å². The van der Waals surface area contributed by atoms with Gasteiger partial charge in [0.1, 0.15) is 0 Å². The van der Waals surface area contributed by atoms with Gasteiger partial charge in [0.15, 0.2) is 5.82 Å². The lowest BCUT2D eigenvalue weighted by atomic mass is 10.1. The number of hydrogen-bond donors (Lipinski definition) is 1. The fraction of sp³-hybridized carbons (Fsp3) is 0.500. The van der Waals surface area contributed by atoms with Crippen LogP contribution in [-0.4, -0.2) is 22.6 Å². The molecule has 0 radical (unpaired) electrons. The quantitative estimate of drug-likeness (QED) is 0.912. The molecule has 2 rings (SSSR count). The van der Waals surface area contributed by atoms with Crippen molar-refractivity contribution in [3.63, 3.8) is 0 Å². The number of nitrogens with zero attached hydrogens (tertiary/aromatic N) is 2. The van der Waals surface area contributed by atoms with Crippen LogP contribution in [0.4, 0.5) is 0 Å². The van der Waals surface area contributed by atoms with E-state index in [0.717, 1.165) is 35.7 Å². The average Bonchev–Trinajstić information content (AvgIpc) is 2.78. The summed E-state index contributed by atoms with van der Waals surface area (Å²) >= 11 is 1.70. The highest BCUT2D eigenvalue weighted by atomic mass is 32.1. The molecule has 0 bridgehead atoms. The summed E-state index contributed by atoms with van der Waals surface area (Å²) in [6, 6.07) is 0.518. The molecule has 0 atom stereocenters. The molecule has 0 fully saturated rings. The first-order valence-corrected chi connectivity index (χ1v) is 8.04. The van der Waals surface area contributed by atoms with Crippen LogP contribution >= 0.6 is 11.3 Å². The minimum absolute atomic E-state index is 0.518. The Morgan fingerprint density at radius 3 is 2.25 bits per heavy atom. The molecule has 0 aliphatic carbocycles. The fourth-order valence-electron chi connectivity index (χ4n) is 2.30. The molecule has 108 valence electrons. The van der Waals surface area contributed by atoms with Crippen molar-refractivity contribution in [3.05, 3.63) is 33.3 Å². The third kappa shape index (κ3) is 3.44. The molecule has 2 heterocycles. The summed E-state index contributed by atoms with van der Waals surface area (Å²) in [6.45, 7) is 11.6. The average molecular weight is 289 g/mol. The third-order valence-electron chi connectivity index (χ3n) is 3.44. The van der Waals surface area contributed by atoms with Crippen molar-refractivity contribution < 1.29 is 0 Å². The van der Waals surface area contributed by atoms with E-state index in [1.807, 2.05) is 0 Å². The standard InChI is InChI=1S/C16H23N3S/c1-10(2)17-7-6-14-12(4)18-16(19-13(14)5)15-9-20-8-11(15)3/h8-10,17H,6-7H2,1-5H3. The predicted octanol–water partition coefficient (Wildman–Crippen LogP) is 3.67. The Morgan fingerprint density at radius 1 is 1.10 bits per heavy atom. The van der Waals surface area contributed by atoms with Gasteiger partial charge in [0.25, 0.3) is 0 Å². The molecule has 0 saturated carbocycles. The first-order chi connectivity index (χ1) is 9.49. The van der Waals surface area contributed by atoms with Crippen LogP contribution in [0.3, 0.4) is 0 Å². The minimum Gasteiger partial charge on any atom is -0.314 e. The molecule has 0 spiro atoms. The van der Waals surface area contributed by atoms with Crippen molar-refractivity contribution in [2.24, 2.45) is 0 Å². The lowest BCUT2D eigenvalue weighted by molar-refractivity contribution is 0.588. The first kappa shape index (κ1) is 15.1. The van der Waals surface area contributed by atoms with Gasteiger partial charge in [0.05, 0.1) is 0 Å². The molecular weight excluding hydrogens is 266 g/mol. The van der Waals surface area contributed by atoms with Crippen molar-refractivity contribution in [2.45, 2.75) is 47.1 Å². The monoisotopic (exact) mass is 289 g/mol. The minimum atomic E-state index is 0.518. The second kappa shape index (κ2) is 6.46. The number of thiophene rings is 1. The van der Waals surface area contributed by atoms with Crippen LogP contribution in [-0.2, 0) is 6.42 Å². The fourth-order valence-corrected chi connectivity index (χ4v) is 3.12. The van der Waals surface area contributed by atoms with Gasteiger partial charge in [-0.15, -0.1) is 0 Å². The van der Waals surface area contributed by atoms with E-state index < -0.39 is 0 Å². The zero-order valence-corrected chi connectivity index (χ0v) is 13.8. The molecule has 0 aliphatic rings. The van der Waals surface area contributed by atoms with Crippen molar-refractivity contribution in [1.82, 2.24) is 15.3 Å². The number of hydrogen-bond acceptors (Lipinski definition) is 4. The molecule has 0 saturated heterocycles. The summed E-state index contributed by atoms with van der Waals surface area (Å²) in [5.74, 6) is 0.860. The summed E-state index contributed by atoms with van der Waals surface area (Å²) in [7, 11) is 0. The van der Waals surface area contributed by atoms with Crippen LogP contribution < -0.4 is 5.32 Å². The molecule has 2 aromatic heterocycles. The van der Waals surface area contributed by atoms with Crippen LogP contribution in [0.1, 0.15) is 36.4 Å². The highest BCUT2D eigenvalue weighted by molar-refractivity contribution is 7.08. The molecule has 2 aromatic rings. The Bertz CT molecular complexity index is 564. The maximum absolute atomic E-state index is 4.70. The number of aryl methyl sites for hydroxylation is 3. The van der Waals surface area contributed by atoms with Crippen molar-refractivity contribution in [2.75, 3.05) is 6.54 Å². The first-order valence-electron chi connectivity index (χ1n) is 7.09. The van der Waals surface area contributed by atoms with E-state index in [-0.39, 0.29) is 0 Å². The van der Waals surface area contributed by atoms with Gasteiger partial charge >= 0.3 is 0 Å². The van der Waals surface area contributed by atoms with Crippen molar-refractivity contribution in [3.8, 4) is 11.4 Å². The lowest BCUT2D eigenvalue weighted by Crippen LogP contribution is -2.25. The van der Waals surface area contributed by atoms with Crippen LogP contribution in [0.5, 0.6) is 0 Å². The van der Waals surface area contributed by atoms with Gasteiger partial charge in [-0.3, -0.25) is 0 Å². The van der Waals surface area contributed by atoms with Crippen molar-refractivity contribution in [1.29, 1.82) is 0 Å². The molecule has 1 N–H and O–H groups in total. The molecule has 20 heavy (non-hydrogen) atoms. The maximum Gasteiger partial charge on any atom is 0.160 e. The Kier molecular flexibility index (Phi) is 4.89. The Morgan fingerprint density at radius 2 is 1.75 bits per heavy atom. The summed E-state index contributed by atoms with van der Waals surface area (Å²) in [4.78, 5) is 9.41. The topological polar surface area (TPSA) is 37.8 Å². The third-order valence-corrected chi connectivity index (χ3v) is 4.31. The SMILES string of the molecule is Cc1cscc1-c1nc(C)c(CCNC(C)C)c(C)n1. The van der Waals surface area contributed by atoms with Crippen LogP contribution in [0.15, 0.2) is 10.8 Å². The van der Waals surface area contributed by atoms with Gasteiger partial charge in [0, 0.05) is 28.4 Å². The van der Waals surface area contributed by atoms with Crippen LogP contribution in [0, 0.1) is 20.8 Å². The van der Waals surface area contributed by atoms with E-state index in [4.69, 9.17) is 9.97 Å². The highest BCUT2D eigenvalue weighted by Crippen LogP contribution is 2.25. The Hall–Kier alpha value is -1.26. The van der Waals surface area contributed by atoms with Crippen LogP contribution in [0.2, 0.25) is 0 Å². The number of nitrogens with one attached hydrogen (secondary N) is 1. The van der Waals surface area contributed by atoms with Crippen LogP contribution in [0.25, 0.3) is 11.4 Å². The van der Waals surface area contributed by atoms with Gasteiger partial charge < -0.3 is 5.32 Å². The van der Waals surface area contributed by atoms with E-state index in [1.54, 1.807) is 11.3 Å². The smallest absolute Gasteiger partial charge is 0.160 e. The Balaban J connectivity index is 2.23. The molecule has 0 amide bonds. The zero-order valence-electron chi connectivity index (χ0n) is 12.9. The summed E-state index contributed by atoms with van der Waals surface area (Å²) in [5.41, 5.74) is 5.89. The lowest BCUT2D eigenvalue weighted by Gasteiger charge is -2.12. The van der Waals surface area contributed by atoms with E-state index in [1.165, 1.54) is 11.1 Å². The largest absolute Gasteiger partial charge is 0.314 e. The van der Waals surface area contributed by atoms with E-state index in [0.29, 0.717) is 6.04 Å². The molecule has 0 unspecified atom stereocenters. The van der Waals surface area contributed by atoms with Crippen molar-refractivity contribution >= 4 is 11.3 Å². The second-order valence-corrected chi connectivity index (χ2v) is 6.27. The van der Waals surface area contributed by atoms with E-state index >= 15 is 0 Å². The highest BCUT2D eigenvalue weighted by Gasteiger charge is 2.12. The Labute approximate surface area is 125 Å². The van der Waals surface area contributed by atoms with Gasteiger partial charge in [-0.1, -0.05) is 13.8 Å². The maximum atomic E-state index is 4.70. The summed E-state index contributed by atoms with van der Waals surface area (Å²) in [6.07, 6.45) is 0.985. The predicted molar refractivity (Wildman–Crippen MR) is 86.4 cm³/mol. The van der Waals surface area contributed by atoms with Gasteiger partial charge in [-0.25, -0.2) is 9.97 Å². The normalized spacial score (nSPS) is 11.3. The summed E-state index contributed by atoms with van der Waals surface area (Å²) < 4.78 is 0. The molecule has 3 nitrogen and oxygen atoms in total.